The molecule has 0 saturated heterocycles. The minimum atomic E-state index is -3.78. The van der Waals surface area contributed by atoms with Crippen LogP contribution in [0.15, 0.2) is 83.8 Å². The molecule has 0 aromatic heterocycles. The number of carbonyl (C=O) groups excluding carboxylic acids is 1. The van der Waals surface area contributed by atoms with Crippen molar-refractivity contribution in [2.24, 2.45) is 0 Å². The lowest BCUT2D eigenvalue weighted by Gasteiger charge is -2.22. The van der Waals surface area contributed by atoms with Gasteiger partial charge in [-0.25, -0.2) is 8.42 Å². The van der Waals surface area contributed by atoms with Crippen molar-refractivity contribution in [3.05, 3.63) is 95.0 Å². The molecule has 3 aromatic carbocycles. The summed E-state index contributed by atoms with van der Waals surface area (Å²) < 4.78 is 27.0. The minimum Gasteiger partial charge on any atom is -0.351 e. The maximum atomic E-state index is 12.9. The fourth-order valence-corrected chi connectivity index (χ4v) is 5.33. The molecule has 8 heteroatoms. The summed E-state index contributed by atoms with van der Waals surface area (Å²) >= 11 is 7.82. The number of halogens is 1. The van der Waals surface area contributed by atoms with Crippen molar-refractivity contribution < 1.29 is 13.2 Å². The third-order valence-electron chi connectivity index (χ3n) is 4.64. The Balaban J connectivity index is 1.63. The van der Waals surface area contributed by atoms with Crippen molar-refractivity contribution in [2.45, 2.75) is 10.6 Å². The quantitative estimate of drug-likeness (QED) is 0.451. The van der Waals surface area contributed by atoms with Gasteiger partial charge in [-0.1, -0.05) is 60.1 Å². The molecule has 0 unspecified atom stereocenters. The van der Waals surface area contributed by atoms with E-state index in [-0.39, 0.29) is 10.8 Å². The Morgan fingerprint density at radius 2 is 1.61 bits per heavy atom. The van der Waals surface area contributed by atoms with Gasteiger partial charge in [-0.3, -0.25) is 9.10 Å². The topological polar surface area (TPSA) is 66.5 Å². The van der Waals surface area contributed by atoms with Crippen LogP contribution in [0.3, 0.4) is 0 Å². The van der Waals surface area contributed by atoms with Crippen LogP contribution < -0.4 is 9.62 Å². The highest BCUT2D eigenvalue weighted by Gasteiger charge is 2.24. The van der Waals surface area contributed by atoms with Gasteiger partial charge in [0.05, 0.1) is 16.1 Å². The molecule has 1 amide bonds. The standard InChI is InChI=1S/C23H23ClN2O3S2/c1-26(31(28,29)19-10-3-2-4-11-19)22-14-8-6-12-20(22)23(27)25-15-16-30-17-18-9-5-7-13-21(18)24/h2-14H,15-17H2,1H3,(H,25,27). The maximum absolute atomic E-state index is 12.9. The molecule has 0 spiro atoms. The molecule has 0 atom stereocenters. The molecule has 31 heavy (non-hydrogen) atoms. The van der Waals surface area contributed by atoms with Crippen molar-refractivity contribution in [3.63, 3.8) is 0 Å². The van der Waals surface area contributed by atoms with Crippen molar-refractivity contribution in [1.29, 1.82) is 0 Å². The van der Waals surface area contributed by atoms with Crippen molar-refractivity contribution >= 4 is 45.0 Å². The van der Waals surface area contributed by atoms with Crippen LogP contribution in [0.25, 0.3) is 0 Å². The molecule has 0 saturated carbocycles. The van der Waals surface area contributed by atoms with Crippen LogP contribution in [0, 0.1) is 0 Å². The molecular weight excluding hydrogens is 452 g/mol. The summed E-state index contributed by atoms with van der Waals surface area (Å²) in [6.07, 6.45) is 0. The van der Waals surface area contributed by atoms with Crippen LogP contribution in [0.4, 0.5) is 5.69 Å². The third kappa shape index (κ3) is 5.81. The third-order valence-corrected chi connectivity index (χ3v) is 7.80. The number of benzene rings is 3. The van der Waals surface area contributed by atoms with Crippen molar-refractivity contribution in [3.8, 4) is 0 Å². The summed E-state index contributed by atoms with van der Waals surface area (Å²) in [4.78, 5) is 12.9. The normalized spacial score (nSPS) is 11.2. The SMILES string of the molecule is CN(c1ccccc1C(=O)NCCSCc1ccccc1Cl)S(=O)(=O)c1ccccc1. The van der Waals surface area contributed by atoms with Crippen molar-refractivity contribution in [2.75, 3.05) is 23.7 Å². The maximum Gasteiger partial charge on any atom is 0.264 e. The first-order valence-corrected chi connectivity index (χ1v) is 12.6. The molecule has 1 N–H and O–H groups in total. The first-order chi connectivity index (χ1) is 14.9. The molecule has 0 bridgehead atoms. The average molecular weight is 475 g/mol. The molecule has 0 fully saturated rings. The second kappa shape index (κ2) is 10.7. The van der Waals surface area contributed by atoms with Gasteiger partial charge in [-0.05, 0) is 35.9 Å². The Kier molecular flexibility index (Phi) is 8.01. The summed E-state index contributed by atoms with van der Waals surface area (Å²) in [5, 5.41) is 3.60. The number of hydrogen-bond acceptors (Lipinski definition) is 4. The molecule has 5 nitrogen and oxygen atoms in total. The van der Waals surface area contributed by atoms with E-state index >= 15 is 0 Å². The molecule has 3 aromatic rings. The van der Waals surface area contributed by atoms with Crippen LogP contribution in [-0.2, 0) is 15.8 Å². The van der Waals surface area contributed by atoms with Crippen LogP contribution in [0.2, 0.25) is 5.02 Å². The second-order valence-electron chi connectivity index (χ2n) is 6.70. The lowest BCUT2D eigenvalue weighted by Crippen LogP contribution is -2.31. The van der Waals surface area contributed by atoms with Gasteiger partial charge >= 0.3 is 0 Å². The molecule has 0 radical (unpaired) electrons. The Bertz CT molecular complexity index is 1140. The van der Waals surface area contributed by atoms with Crippen LogP contribution in [0.1, 0.15) is 15.9 Å². The number of anilines is 1. The highest BCUT2D eigenvalue weighted by atomic mass is 35.5. The summed E-state index contributed by atoms with van der Waals surface area (Å²) in [6.45, 7) is 0.456. The molecule has 0 aliphatic carbocycles. The molecular formula is C23H23ClN2O3S2. The van der Waals surface area contributed by atoms with Gasteiger partial charge in [-0.15, -0.1) is 0 Å². The van der Waals surface area contributed by atoms with Gasteiger partial charge in [0, 0.05) is 30.1 Å². The van der Waals surface area contributed by atoms with E-state index in [0.29, 0.717) is 23.5 Å². The Morgan fingerprint density at radius 3 is 2.35 bits per heavy atom. The van der Waals surface area contributed by atoms with Crippen molar-refractivity contribution in [1.82, 2.24) is 5.32 Å². The first kappa shape index (κ1) is 23.2. The fourth-order valence-electron chi connectivity index (χ4n) is 2.95. The van der Waals surface area contributed by atoms with E-state index in [9.17, 15) is 13.2 Å². The summed E-state index contributed by atoms with van der Waals surface area (Å²) in [5.74, 6) is 1.14. The number of rotatable bonds is 9. The Labute approximate surface area is 192 Å². The number of para-hydroxylation sites is 1. The minimum absolute atomic E-state index is 0.170. The van der Waals surface area contributed by atoms with E-state index in [1.54, 1.807) is 54.2 Å². The highest BCUT2D eigenvalue weighted by Crippen LogP contribution is 2.26. The largest absolute Gasteiger partial charge is 0.351 e. The second-order valence-corrected chi connectivity index (χ2v) is 10.2. The number of carbonyl (C=O) groups is 1. The average Bonchev–Trinajstić information content (AvgIpc) is 2.80. The van der Waals surface area contributed by atoms with Gasteiger partial charge in [-0.2, -0.15) is 11.8 Å². The molecule has 0 heterocycles. The molecule has 3 rings (SSSR count). The highest BCUT2D eigenvalue weighted by molar-refractivity contribution is 7.98. The number of nitrogens with zero attached hydrogens (tertiary/aromatic N) is 1. The number of nitrogens with one attached hydrogen (secondary N) is 1. The molecule has 0 aliphatic rings. The van der Waals surface area contributed by atoms with E-state index in [1.807, 2.05) is 24.3 Å². The van der Waals surface area contributed by atoms with Gasteiger partial charge in [0.25, 0.3) is 15.9 Å². The number of amides is 1. The zero-order valence-electron chi connectivity index (χ0n) is 17.0. The van der Waals surface area contributed by atoms with Crippen LogP contribution >= 0.6 is 23.4 Å². The fraction of sp³-hybridized carbons (Fsp3) is 0.174. The smallest absolute Gasteiger partial charge is 0.264 e. The van der Waals surface area contributed by atoms with E-state index in [0.717, 1.165) is 20.6 Å². The van der Waals surface area contributed by atoms with Crippen LogP contribution in [-0.4, -0.2) is 33.7 Å². The lowest BCUT2D eigenvalue weighted by molar-refractivity contribution is 0.0957. The van der Waals surface area contributed by atoms with Gasteiger partial charge in [0.1, 0.15) is 0 Å². The summed E-state index contributed by atoms with van der Waals surface area (Å²) in [7, 11) is -2.32. The predicted octanol–water partition coefficient (Wildman–Crippen LogP) is 4.83. The van der Waals surface area contributed by atoms with Gasteiger partial charge < -0.3 is 5.32 Å². The van der Waals surface area contributed by atoms with Gasteiger partial charge in [0.15, 0.2) is 0 Å². The van der Waals surface area contributed by atoms with Gasteiger partial charge in [0.2, 0.25) is 0 Å². The number of sulfonamides is 1. The lowest BCUT2D eigenvalue weighted by atomic mass is 10.1. The number of hydrogen-bond donors (Lipinski definition) is 1. The Hall–Kier alpha value is -2.48. The van der Waals surface area contributed by atoms with E-state index in [4.69, 9.17) is 11.6 Å². The van der Waals surface area contributed by atoms with Crippen LogP contribution in [0.5, 0.6) is 0 Å². The zero-order valence-corrected chi connectivity index (χ0v) is 19.4. The molecule has 162 valence electrons. The van der Waals surface area contributed by atoms with E-state index < -0.39 is 10.0 Å². The predicted molar refractivity (Wildman–Crippen MR) is 128 cm³/mol. The van der Waals surface area contributed by atoms with E-state index in [1.165, 1.54) is 19.2 Å². The first-order valence-electron chi connectivity index (χ1n) is 9.63. The Morgan fingerprint density at radius 1 is 0.968 bits per heavy atom. The summed E-state index contributed by atoms with van der Waals surface area (Å²) in [6, 6.07) is 22.5. The monoisotopic (exact) mass is 474 g/mol. The summed E-state index contributed by atoms with van der Waals surface area (Å²) in [5.41, 5.74) is 1.69. The zero-order chi connectivity index (χ0) is 22.3. The van der Waals surface area contributed by atoms with E-state index in [2.05, 4.69) is 5.32 Å². The molecule has 0 aliphatic heterocycles. The number of thioether (sulfide) groups is 1.